The Labute approximate surface area is 143 Å². The second-order valence-electron chi connectivity index (χ2n) is 6.20. The number of aromatic nitrogens is 3. The van der Waals surface area contributed by atoms with Crippen LogP contribution in [0.2, 0.25) is 0 Å². The standard InChI is InChI=1S/C18H25N5O/c1-14-21-17(20-13-16-4-3-11-24-16)12-18(22-14)23(2)10-7-15-5-8-19-9-6-15/h5-6,8-9,12,16H,3-4,7,10-11,13H2,1-2H3,(H,20,21,22). The summed E-state index contributed by atoms with van der Waals surface area (Å²) in [5.74, 6) is 2.58. The minimum Gasteiger partial charge on any atom is -0.376 e. The number of hydrogen-bond donors (Lipinski definition) is 1. The average molecular weight is 327 g/mol. The van der Waals surface area contributed by atoms with Gasteiger partial charge in [-0.2, -0.15) is 0 Å². The van der Waals surface area contributed by atoms with Gasteiger partial charge in [0.05, 0.1) is 6.10 Å². The maximum Gasteiger partial charge on any atom is 0.134 e. The minimum absolute atomic E-state index is 0.299. The highest BCUT2D eigenvalue weighted by molar-refractivity contribution is 5.49. The summed E-state index contributed by atoms with van der Waals surface area (Å²) in [4.78, 5) is 15.3. The van der Waals surface area contributed by atoms with Crippen LogP contribution in [-0.2, 0) is 11.2 Å². The third-order valence-corrected chi connectivity index (χ3v) is 4.24. The first-order chi connectivity index (χ1) is 11.7. The van der Waals surface area contributed by atoms with Crippen LogP contribution in [0.4, 0.5) is 11.6 Å². The summed E-state index contributed by atoms with van der Waals surface area (Å²) in [5, 5.41) is 3.39. The van der Waals surface area contributed by atoms with Gasteiger partial charge in [-0.25, -0.2) is 9.97 Å². The highest BCUT2D eigenvalue weighted by Gasteiger charge is 2.15. The summed E-state index contributed by atoms with van der Waals surface area (Å²) >= 11 is 0. The van der Waals surface area contributed by atoms with Crippen molar-refractivity contribution in [2.75, 3.05) is 37.0 Å². The number of pyridine rings is 1. The van der Waals surface area contributed by atoms with E-state index >= 15 is 0 Å². The molecule has 2 aromatic rings. The first kappa shape index (κ1) is 16.6. The topological polar surface area (TPSA) is 63.2 Å². The van der Waals surface area contributed by atoms with E-state index < -0.39 is 0 Å². The molecule has 0 bridgehead atoms. The van der Waals surface area contributed by atoms with Crippen LogP contribution >= 0.6 is 0 Å². The van der Waals surface area contributed by atoms with E-state index in [1.165, 1.54) is 5.56 Å². The molecule has 0 aromatic carbocycles. The van der Waals surface area contributed by atoms with Gasteiger partial charge in [0.1, 0.15) is 17.5 Å². The molecule has 0 radical (unpaired) electrons. The van der Waals surface area contributed by atoms with Crippen molar-refractivity contribution in [3.8, 4) is 0 Å². The van der Waals surface area contributed by atoms with Crippen LogP contribution in [0.25, 0.3) is 0 Å². The number of nitrogens with one attached hydrogen (secondary N) is 1. The van der Waals surface area contributed by atoms with E-state index in [2.05, 4.69) is 32.2 Å². The summed E-state index contributed by atoms with van der Waals surface area (Å²) in [5.41, 5.74) is 1.28. The lowest BCUT2D eigenvalue weighted by Crippen LogP contribution is -2.23. The SMILES string of the molecule is Cc1nc(NCC2CCCO2)cc(N(C)CCc2ccncc2)n1. The van der Waals surface area contributed by atoms with Crippen molar-refractivity contribution < 1.29 is 4.74 Å². The van der Waals surface area contributed by atoms with Crippen LogP contribution < -0.4 is 10.2 Å². The van der Waals surface area contributed by atoms with E-state index in [1.807, 2.05) is 37.5 Å². The summed E-state index contributed by atoms with van der Waals surface area (Å²) in [6, 6.07) is 6.11. The van der Waals surface area contributed by atoms with Gasteiger partial charge in [0, 0.05) is 45.2 Å². The van der Waals surface area contributed by atoms with Crippen LogP contribution in [0.15, 0.2) is 30.6 Å². The molecule has 1 saturated heterocycles. The Bertz CT molecular complexity index is 643. The van der Waals surface area contributed by atoms with Crippen LogP contribution in [-0.4, -0.2) is 47.8 Å². The Hall–Kier alpha value is -2.21. The Morgan fingerprint density at radius 1 is 1.29 bits per heavy atom. The van der Waals surface area contributed by atoms with Crippen LogP contribution in [0.5, 0.6) is 0 Å². The molecule has 1 aliphatic rings. The lowest BCUT2D eigenvalue weighted by atomic mass is 10.2. The smallest absolute Gasteiger partial charge is 0.134 e. The number of likely N-dealkylation sites (N-methyl/N-ethyl adjacent to an activating group) is 1. The summed E-state index contributed by atoms with van der Waals surface area (Å²) in [6.45, 7) is 4.50. The minimum atomic E-state index is 0.299. The molecule has 0 saturated carbocycles. The quantitative estimate of drug-likeness (QED) is 0.843. The largest absolute Gasteiger partial charge is 0.376 e. The number of ether oxygens (including phenoxy) is 1. The Balaban J connectivity index is 1.59. The number of rotatable bonds is 7. The number of hydrogen-bond acceptors (Lipinski definition) is 6. The molecular weight excluding hydrogens is 302 g/mol. The van der Waals surface area contributed by atoms with Crippen molar-refractivity contribution in [3.63, 3.8) is 0 Å². The predicted octanol–water partition coefficient (Wildman–Crippen LogP) is 2.45. The molecule has 1 N–H and O–H groups in total. The van der Waals surface area contributed by atoms with Crippen LogP contribution in [0, 0.1) is 6.92 Å². The van der Waals surface area contributed by atoms with Gasteiger partial charge in [0.2, 0.25) is 0 Å². The average Bonchev–Trinajstić information content (AvgIpc) is 3.12. The highest BCUT2D eigenvalue weighted by Crippen LogP contribution is 2.17. The molecule has 1 atom stereocenters. The van der Waals surface area contributed by atoms with Crippen molar-refractivity contribution >= 4 is 11.6 Å². The lowest BCUT2D eigenvalue weighted by molar-refractivity contribution is 0.120. The molecule has 128 valence electrons. The summed E-state index contributed by atoms with van der Waals surface area (Å²) in [7, 11) is 2.06. The summed E-state index contributed by atoms with van der Waals surface area (Å²) in [6.07, 6.45) is 7.19. The molecular formula is C18H25N5O. The molecule has 1 aliphatic heterocycles. The third kappa shape index (κ3) is 4.64. The van der Waals surface area contributed by atoms with Crippen LogP contribution in [0.3, 0.4) is 0 Å². The second-order valence-corrected chi connectivity index (χ2v) is 6.20. The monoisotopic (exact) mass is 327 g/mol. The lowest BCUT2D eigenvalue weighted by Gasteiger charge is -2.20. The zero-order valence-corrected chi connectivity index (χ0v) is 14.4. The van der Waals surface area contributed by atoms with Crippen molar-refractivity contribution in [2.24, 2.45) is 0 Å². The fraction of sp³-hybridized carbons (Fsp3) is 0.500. The molecule has 6 heteroatoms. The second kappa shape index (κ2) is 8.06. The van der Waals surface area contributed by atoms with Crippen molar-refractivity contribution in [2.45, 2.75) is 32.3 Å². The van der Waals surface area contributed by atoms with Gasteiger partial charge in [0.25, 0.3) is 0 Å². The molecule has 3 rings (SSSR count). The summed E-state index contributed by atoms with van der Waals surface area (Å²) < 4.78 is 5.65. The fourth-order valence-corrected chi connectivity index (χ4v) is 2.82. The normalized spacial score (nSPS) is 17.0. The first-order valence-corrected chi connectivity index (χ1v) is 8.52. The Morgan fingerprint density at radius 3 is 2.88 bits per heavy atom. The number of aryl methyl sites for hydroxylation is 1. The highest BCUT2D eigenvalue weighted by atomic mass is 16.5. The van der Waals surface area contributed by atoms with Gasteiger partial charge in [-0.15, -0.1) is 0 Å². The van der Waals surface area contributed by atoms with Gasteiger partial charge >= 0.3 is 0 Å². The molecule has 1 fully saturated rings. The van der Waals surface area contributed by atoms with Crippen molar-refractivity contribution in [1.29, 1.82) is 0 Å². The van der Waals surface area contributed by atoms with E-state index in [1.54, 1.807) is 0 Å². The maximum atomic E-state index is 5.65. The molecule has 24 heavy (non-hydrogen) atoms. The van der Waals surface area contributed by atoms with E-state index in [9.17, 15) is 0 Å². The van der Waals surface area contributed by atoms with Crippen molar-refractivity contribution in [1.82, 2.24) is 15.0 Å². The van der Waals surface area contributed by atoms with E-state index in [0.717, 1.165) is 56.4 Å². The molecule has 3 heterocycles. The van der Waals surface area contributed by atoms with E-state index in [-0.39, 0.29) is 0 Å². The van der Waals surface area contributed by atoms with Gasteiger partial charge in [-0.3, -0.25) is 4.98 Å². The zero-order chi connectivity index (χ0) is 16.8. The maximum absolute atomic E-state index is 5.65. The first-order valence-electron chi connectivity index (χ1n) is 8.52. The molecule has 0 amide bonds. The molecule has 0 spiro atoms. The molecule has 2 aromatic heterocycles. The van der Waals surface area contributed by atoms with Gasteiger partial charge in [-0.1, -0.05) is 0 Å². The molecule has 6 nitrogen and oxygen atoms in total. The third-order valence-electron chi connectivity index (χ3n) is 4.24. The Kier molecular flexibility index (Phi) is 5.59. The van der Waals surface area contributed by atoms with E-state index in [0.29, 0.717) is 6.10 Å². The van der Waals surface area contributed by atoms with Gasteiger partial charge in [-0.05, 0) is 43.9 Å². The number of nitrogens with zero attached hydrogens (tertiary/aromatic N) is 4. The van der Waals surface area contributed by atoms with Gasteiger partial charge < -0.3 is 15.0 Å². The molecule has 0 aliphatic carbocycles. The Morgan fingerprint density at radius 2 is 2.12 bits per heavy atom. The zero-order valence-electron chi connectivity index (χ0n) is 14.4. The van der Waals surface area contributed by atoms with E-state index in [4.69, 9.17) is 4.74 Å². The fourth-order valence-electron chi connectivity index (χ4n) is 2.82. The molecule has 1 unspecified atom stereocenters. The van der Waals surface area contributed by atoms with Gasteiger partial charge in [0.15, 0.2) is 0 Å². The van der Waals surface area contributed by atoms with Crippen LogP contribution in [0.1, 0.15) is 24.2 Å². The predicted molar refractivity (Wildman–Crippen MR) is 95.4 cm³/mol. The number of anilines is 2. The van der Waals surface area contributed by atoms with Crippen molar-refractivity contribution in [3.05, 3.63) is 42.0 Å².